The zero-order valence-electron chi connectivity index (χ0n) is 16.5. The van der Waals surface area contributed by atoms with E-state index in [-0.39, 0.29) is 6.54 Å². The van der Waals surface area contributed by atoms with Gasteiger partial charge >= 0.3 is 11.4 Å². The maximum Gasteiger partial charge on any atom is 0.352 e. The van der Waals surface area contributed by atoms with Crippen LogP contribution in [0.3, 0.4) is 0 Å². The Hall–Kier alpha value is -3.91. The smallest absolute Gasteiger partial charge is 0.262 e. The molecule has 0 saturated heterocycles. The Morgan fingerprint density at radius 2 is 1.84 bits per heavy atom. The molecule has 3 heterocycles. The largest absolute Gasteiger partial charge is 0.352 e. The minimum absolute atomic E-state index is 0.139. The summed E-state index contributed by atoms with van der Waals surface area (Å²) in [6.45, 7) is 0.139. The summed E-state index contributed by atoms with van der Waals surface area (Å²) in [5.41, 5.74) is 2.12. The van der Waals surface area contributed by atoms with Crippen molar-refractivity contribution in [1.29, 1.82) is 0 Å². The standard InChI is InChI=1S/C22H17ClN6O2/c1-26-21(30)27(13-15-4-2-5-17(23)10-15)22(31)29(26)18-7-8-20-16(11-18)14-28(25-20)19-6-3-9-24-12-19/h2-12,14H,13H2,1H3. The fourth-order valence-corrected chi connectivity index (χ4v) is 3.80. The summed E-state index contributed by atoms with van der Waals surface area (Å²) < 4.78 is 5.58. The first-order valence-electron chi connectivity index (χ1n) is 9.55. The van der Waals surface area contributed by atoms with Crippen molar-refractivity contribution < 1.29 is 0 Å². The molecule has 0 atom stereocenters. The molecule has 0 amide bonds. The third kappa shape index (κ3) is 3.36. The predicted octanol–water partition coefficient (Wildman–Crippen LogP) is 2.77. The molecule has 9 heteroatoms. The molecule has 5 aromatic rings. The number of pyridine rings is 1. The Morgan fingerprint density at radius 3 is 2.61 bits per heavy atom. The van der Waals surface area contributed by atoms with E-state index >= 15 is 0 Å². The summed E-state index contributed by atoms with van der Waals surface area (Å²) in [7, 11) is 1.57. The maximum absolute atomic E-state index is 13.1. The van der Waals surface area contributed by atoms with Gasteiger partial charge in [0.15, 0.2) is 0 Å². The van der Waals surface area contributed by atoms with Crippen molar-refractivity contribution in [3.8, 4) is 11.4 Å². The van der Waals surface area contributed by atoms with Gasteiger partial charge in [0, 0.05) is 29.9 Å². The van der Waals surface area contributed by atoms with Gasteiger partial charge in [-0.1, -0.05) is 23.7 Å². The van der Waals surface area contributed by atoms with Crippen molar-refractivity contribution in [3.63, 3.8) is 0 Å². The number of hydrogen-bond donors (Lipinski definition) is 0. The lowest BCUT2D eigenvalue weighted by atomic mass is 10.2. The molecule has 0 spiro atoms. The molecule has 31 heavy (non-hydrogen) atoms. The monoisotopic (exact) mass is 432 g/mol. The Balaban J connectivity index is 1.58. The van der Waals surface area contributed by atoms with E-state index in [9.17, 15) is 9.59 Å². The molecule has 0 saturated carbocycles. The average Bonchev–Trinajstić information content (AvgIpc) is 3.29. The fraction of sp³-hybridized carbons (Fsp3) is 0.0909. The van der Waals surface area contributed by atoms with Crippen molar-refractivity contribution in [3.05, 3.63) is 105 Å². The highest BCUT2D eigenvalue weighted by Gasteiger charge is 2.16. The van der Waals surface area contributed by atoms with Gasteiger partial charge in [-0.25, -0.2) is 23.5 Å². The van der Waals surface area contributed by atoms with E-state index in [1.165, 1.54) is 13.9 Å². The van der Waals surface area contributed by atoms with E-state index in [1.54, 1.807) is 48.4 Å². The molecule has 0 fully saturated rings. The van der Waals surface area contributed by atoms with Gasteiger partial charge in [-0.2, -0.15) is 9.78 Å². The molecule has 8 nitrogen and oxygen atoms in total. The summed E-state index contributed by atoms with van der Waals surface area (Å²) in [5, 5.41) is 5.94. The Kier molecular flexibility index (Phi) is 4.56. The Morgan fingerprint density at radius 1 is 0.968 bits per heavy atom. The first-order valence-corrected chi connectivity index (χ1v) is 9.92. The average molecular weight is 433 g/mol. The Bertz CT molecular complexity index is 1530. The van der Waals surface area contributed by atoms with Crippen LogP contribution in [0.2, 0.25) is 5.02 Å². The number of rotatable bonds is 4. The van der Waals surface area contributed by atoms with Gasteiger partial charge in [-0.15, -0.1) is 0 Å². The zero-order valence-corrected chi connectivity index (χ0v) is 17.3. The predicted molar refractivity (Wildman–Crippen MR) is 118 cm³/mol. The van der Waals surface area contributed by atoms with Crippen LogP contribution >= 0.6 is 11.6 Å². The number of aromatic nitrogens is 6. The van der Waals surface area contributed by atoms with E-state index < -0.39 is 11.4 Å². The van der Waals surface area contributed by atoms with Gasteiger partial charge in [0.25, 0.3) is 0 Å². The summed E-state index contributed by atoms with van der Waals surface area (Å²) in [5.74, 6) is 0. The SMILES string of the molecule is Cn1c(=O)n(Cc2cccc(Cl)c2)c(=O)n1-c1ccc2nn(-c3cccnc3)cc2c1. The van der Waals surface area contributed by atoms with Gasteiger partial charge < -0.3 is 0 Å². The van der Waals surface area contributed by atoms with Crippen molar-refractivity contribution in [1.82, 2.24) is 28.7 Å². The van der Waals surface area contributed by atoms with Gasteiger partial charge in [0.1, 0.15) is 0 Å². The van der Waals surface area contributed by atoms with Crippen LogP contribution in [0.15, 0.2) is 82.8 Å². The van der Waals surface area contributed by atoms with E-state index in [0.29, 0.717) is 10.7 Å². The first-order chi connectivity index (χ1) is 15.0. The van der Waals surface area contributed by atoms with Gasteiger partial charge in [-0.05, 0) is 48.0 Å². The van der Waals surface area contributed by atoms with Crippen LogP contribution in [0.4, 0.5) is 0 Å². The van der Waals surface area contributed by atoms with E-state index in [2.05, 4.69) is 10.1 Å². The van der Waals surface area contributed by atoms with Crippen molar-refractivity contribution in [2.75, 3.05) is 0 Å². The van der Waals surface area contributed by atoms with Gasteiger partial charge in [0.05, 0.1) is 29.6 Å². The van der Waals surface area contributed by atoms with Crippen LogP contribution in [-0.2, 0) is 13.6 Å². The highest BCUT2D eigenvalue weighted by atomic mass is 35.5. The number of halogens is 1. The fourth-order valence-electron chi connectivity index (χ4n) is 3.59. The molecule has 0 bridgehead atoms. The number of hydrogen-bond acceptors (Lipinski definition) is 4. The lowest BCUT2D eigenvalue weighted by molar-refractivity contribution is 0.627. The first kappa shape index (κ1) is 19.1. The quantitative estimate of drug-likeness (QED) is 0.437. The van der Waals surface area contributed by atoms with E-state index in [1.807, 2.05) is 36.5 Å². The third-order valence-corrected chi connectivity index (χ3v) is 5.33. The Labute approximate surface area is 181 Å². The minimum Gasteiger partial charge on any atom is -0.262 e. The van der Waals surface area contributed by atoms with Crippen LogP contribution in [0.5, 0.6) is 0 Å². The van der Waals surface area contributed by atoms with Crippen LogP contribution in [0.1, 0.15) is 5.56 Å². The van der Waals surface area contributed by atoms with Crippen molar-refractivity contribution in [2.24, 2.45) is 7.05 Å². The van der Waals surface area contributed by atoms with Crippen LogP contribution in [0.25, 0.3) is 22.3 Å². The third-order valence-electron chi connectivity index (χ3n) is 5.09. The molecular weight excluding hydrogens is 416 g/mol. The summed E-state index contributed by atoms with van der Waals surface area (Å²) in [6, 6.07) is 16.3. The molecular formula is C22H17ClN6O2. The van der Waals surface area contributed by atoms with Crippen molar-refractivity contribution in [2.45, 2.75) is 6.54 Å². The van der Waals surface area contributed by atoms with Crippen molar-refractivity contribution >= 4 is 22.5 Å². The van der Waals surface area contributed by atoms with Crippen LogP contribution < -0.4 is 11.4 Å². The molecule has 5 rings (SSSR count). The number of nitrogens with zero attached hydrogens (tertiary/aromatic N) is 6. The molecule has 0 aliphatic carbocycles. The maximum atomic E-state index is 13.1. The van der Waals surface area contributed by atoms with E-state index in [0.717, 1.165) is 22.2 Å². The molecule has 0 radical (unpaired) electrons. The van der Waals surface area contributed by atoms with Gasteiger partial charge in [0.2, 0.25) is 0 Å². The summed E-state index contributed by atoms with van der Waals surface area (Å²) in [4.78, 5) is 30.0. The molecule has 0 unspecified atom stereocenters. The second kappa shape index (κ2) is 7.41. The lowest BCUT2D eigenvalue weighted by Crippen LogP contribution is -2.29. The van der Waals surface area contributed by atoms with E-state index in [4.69, 9.17) is 11.6 Å². The highest BCUT2D eigenvalue weighted by molar-refractivity contribution is 6.30. The van der Waals surface area contributed by atoms with Crippen LogP contribution in [-0.4, -0.2) is 28.7 Å². The second-order valence-electron chi connectivity index (χ2n) is 7.14. The molecule has 3 aromatic heterocycles. The molecule has 2 aromatic carbocycles. The molecule has 0 aliphatic heterocycles. The number of benzene rings is 2. The lowest BCUT2D eigenvalue weighted by Gasteiger charge is -2.04. The minimum atomic E-state index is -0.425. The summed E-state index contributed by atoms with van der Waals surface area (Å²) in [6.07, 6.45) is 5.28. The molecule has 0 N–H and O–H groups in total. The van der Waals surface area contributed by atoms with Gasteiger partial charge in [-0.3, -0.25) is 4.98 Å². The summed E-state index contributed by atoms with van der Waals surface area (Å²) >= 11 is 6.04. The van der Waals surface area contributed by atoms with Crippen LogP contribution in [0, 0.1) is 0 Å². The molecule has 154 valence electrons. The zero-order chi connectivity index (χ0) is 21.5. The molecule has 0 aliphatic rings. The highest BCUT2D eigenvalue weighted by Crippen LogP contribution is 2.18. The normalized spacial score (nSPS) is 11.3. The second-order valence-corrected chi connectivity index (χ2v) is 7.58. The number of fused-ring (bicyclic) bond motifs is 1. The topological polar surface area (TPSA) is 79.6 Å².